The van der Waals surface area contributed by atoms with E-state index in [2.05, 4.69) is 14.8 Å². The van der Waals surface area contributed by atoms with E-state index in [4.69, 9.17) is 0 Å². The highest BCUT2D eigenvalue weighted by molar-refractivity contribution is 14.1. The van der Waals surface area contributed by atoms with E-state index in [1.165, 1.54) is 12.1 Å². The minimum atomic E-state index is -4.65. The van der Waals surface area contributed by atoms with Gasteiger partial charge in [-0.1, -0.05) is 12.1 Å². The Labute approximate surface area is 120 Å². The Morgan fingerprint density at radius 2 is 1.89 bits per heavy atom. The van der Waals surface area contributed by atoms with Gasteiger partial charge in [0.25, 0.3) is 0 Å². The predicted molar refractivity (Wildman–Crippen MR) is 69.6 cm³/mol. The smallest absolute Gasteiger partial charge is 0.406 e. The zero-order valence-corrected chi connectivity index (χ0v) is 11.7. The lowest BCUT2D eigenvalue weighted by molar-refractivity contribution is -0.274. The second-order valence-corrected chi connectivity index (χ2v) is 4.68. The van der Waals surface area contributed by atoms with Crippen LogP contribution in [0.5, 0.6) is 5.75 Å². The van der Waals surface area contributed by atoms with Gasteiger partial charge in [-0.05, 0) is 24.1 Å². The minimum Gasteiger partial charge on any atom is -0.406 e. The van der Waals surface area contributed by atoms with E-state index in [9.17, 15) is 13.2 Å². The molecule has 0 aliphatic heterocycles. The quantitative estimate of drug-likeness (QED) is 0.763. The van der Waals surface area contributed by atoms with E-state index < -0.39 is 6.36 Å². The van der Waals surface area contributed by atoms with Crippen LogP contribution in [0, 0.1) is 3.83 Å². The molecule has 4 nitrogen and oxygen atoms in total. The summed E-state index contributed by atoms with van der Waals surface area (Å²) in [6.45, 7) is 0.621. The molecule has 0 atom stereocenters. The van der Waals surface area contributed by atoms with Gasteiger partial charge in [-0.3, -0.25) is 4.68 Å². The van der Waals surface area contributed by atoms with E-state index in [1.54, 1.807) is 23.1 Å². The first-order valence-corrected chi connectivity index (χ1v) is 6.40. The van der Waals surface area contributed by atoms with Crippen molar-refractivity contribution >= 4 is 22.6 Å². The van der Waals surface area contributed by atoms with Gasteiger partial charge in [0.2, 0.25) is 3.83 Å². The van der Waals surface area contributed by atoms with Crippen molar-refractivity contribution in [1.29, 1.82) is 0 Å². The fourth-order valence-electron chi connectivity index (χ4n) is 1.48. The number of rotatable bonds is 4. The van der Waals surface area contributed by atoms with Crippen LogP contribution in [-0.4, -0.2) is 21.1 Å². The van der Waals surface area contributed by atoms with Gasteiger partial charge in [-0.15, -0.1) is 18.3 Å². The molecule has 0 amide bonds. The standard InChI is InChI=1S/C11H9F3IN3O/c12-11(13,14)19-9-3-1-8(2-4-9)5-6-18-7-16-10(15)17-18/h1-4,7H,5-6H2. The highest BCUT2D eigenvalue weighted by atomic mass is 127. The Balaban J connectivity index is 1.91. The lowest BCUT2D eigenvalue weighted by Crippen LogP contribution is -2.17. The Hall–Kier alpha value is -1.32. The number of halogens is 4. The third kappa shape index (κ3) is 4.69. The first kappa shape index (κ1) is 14.1. The van der Waals surface area contributed by atoms with Crippen molar-refractivity contribution in [2.24, 2.45) is 0 Å². The van der Waals surface area contributed by atoms with Crippen molar-refractivity contribution in [3.8, 4) is 5.75 Å². The van der Waals surface area contributed by atoms with Crippen molar-refractivity contribution < 1.29 is 17.9 Å². The lowest BCUT2D eigenvalue weighted by atomic mass is 10.1. The molecule has 8 heteroatoms. The lowest BCUT2D eigenvalue weighted by Gasteiger charge is -2.09. The van der Waals surface area contributed by atoms with Crippen molar-refractivity contribution in [3.05, 3.63) is 40.0 Å². The van der Waals surface area contributed by atoms with Crippen LogP contribution in [0.4, 0.5) is 13.2 Å². The summed E-state index contributed by atoms with van der Waals surface area (Å²) >= 11 is 2.01. The molecule has 0 saturated carbocycles. The van der Waals surface area contributed by atoms with Gasteiger partial charge in [-0.2, -0.15) is 0 Å². The van der Waals surface area contributed by atoms with Crippen molar-refractivity contribution in [1.82, 2.24) is 14.8 Å². The summed E-state index contributed by atoms with van der Waals surface area (Å²) in [5, 5.41) is 4.11. The molecule has 0 N–H and O–H groups in total. The number of hydrogen-bond donors (Lipinski definition) is 0. The predicted octanol–water partition coefficient (Wildman–Crippen LogP) is 3.02. The maximum atomic E-state index is 12.0. The summed E-state index contributed by atoms with van der Waals surface area (Å²) in [6.07, 6.45) is -2.38. The first-order valence-electron chi connectivity index (χ1n) is 5.32. The molecule has 2 rings (SSSR count). The SMILES string of the molecule is FC(F)(F)Oc1ccc(CCn2cnc(I)n2)cc1. The van der Waals surface area contributed by atoms with Gasteiger partial charge in [0, 0.05) is 29.1 Å². The molecule has 0 bridgehead atoms. The monoisotopic (exact) mass is 383 g/mol. The molecule has 19 heavy (non-hydrogen) atoms. The van der Waals surface area contributed by atoms with Gasteiger partial charge in [-0.25, -0.2) is 4.98 Å². The summed E-state index contributed by atoms with van der Waals surface area (Å²) in [4.78, 5) is 3.98. The molecule has 1 aromatic carbocycles. The van der Waals surface area contributed by atoms with Crippen LogP contribution in [0.25, 0.3) is 0 Å². The maximum Gasteiger partial charge on any atom is 0.573 e. The van der Waals surface area contributed by atoms with Crippen molar-refractivity contribution in [3.63, 3.8) is 0 Å². The number of ether oxygens (including phenoxy) is 1. The molecule has 1 aromatic heterocycles. The molecule has 1 heterocycles. The molecular weight excluding hydrogens is 374 g/mol. The molecule has 102 valence electrons. The molecule has 0 fully saturated rings. The van der Waals surface area contributed by atoms with Crippen LogP contribution in [0.1, 0.15) is 5.56 Å². The normalized spacial score (nSPS) is 11.6. The molecular formula is C11H9F3IN3O. The van der Waals surface area contributed by atoms with E-state index in [1.807, 2.05) is 22.6 Å². The van der Waals surface area contributed by atoms with Gasteiger partial charge in [0.15, 0.2) is 0 Å². The minimum absolute atomic E-state index is 0.216. The summed E-state index contributed by atoms with van der Waals surface area (Å²) in [6, 6.07) is 5.80. The summed E-state index contributed by atoms with van der Waals surface area (Å²) < 4.78 is 42.1. The molecule has 0 radical (unpaired) electrons. The molecule has 0 unspecified atom stereocenters. The third-order valence-corrected chi connectivity index (χ3v) is 2.79. The fraction of sp³-hybridized carbons (Fsp3) is 0.273. The number of alkyl halides is 3. The van der Waals surface area contributed by atoms with E-state index in [-0.39, 0.29) is 5.75 Å². The number of benzene rings is 1. The second-order valence-electron chi connectivity index (χ2n) is 3.72. The van der Waals surface area contributed by atoms with E-state index >= 15 is 0 Å². The van der Waals surface area contributed by atoms with Gasteiger partial charge in [0.1, 0.15) is 12.1 Å². The number of aryl methyl sites for hydroxylation is 2. The number of aromatic nitrogens is 3. The maximum absolute atomic E-state index is 12.0. The average molecular weight is 383 g/mol. The molecule has 0 spiro atoms. The van der Waals surface area contributed by atoms with Gasteiger partial charge in [0.05, 0.1) is 0 Å². The fourth-order valence-corrected chi connectivity index (χ4v) is 1.88. The summed E-state index contributed by atoms with van der Waals surface area (Å²) in [7, 11) is 0. The van der Waals surface area contributed by atoms with E-state index in [0.29, 0.717) is 16.8 Å². The van der Waals surface area contributed by atoms with Crippen LogP contribution in [-0.2, 0) is 13.0 Å². The zero-order chi connectivity index (χ0) is 13.9. The Bertz CT molecular complexity index is 539. The molecule has 2 aromatic rings. The largest absolute Gasteiger partial charge is 0.573 e. The Morgan fingerprint density at radius 1 is 1.21 bits per heavy atom. The highest BCUT2D eigenvalue weighted by Gasteiger charge is 2.30. The first-order chi connectivity index (χ1) is 8.92. The molecule has 0 aliphatic rings. The summed E-state index contributed by atoms with van der Waals surface area (Å²) in [5.41, 5.74) is 0.903. The second kappa shape index (κ2) is 5.76. The van der Waals surface area contributed by atoms with Gasteiger partial charge >= 0.3 is 6.36 Å². The Morgan fingerprint density at radius 3 is 2.42 bits per heavy atom. The van der Waals surface area contributed by atoms with Crippen LogP contribution in [0.3, 0.4) is 0 Å². The van der Waals surface area contributed by atoms with Crippen LogP contribution in [0.2, 0.25) is 0 Å². The van der Waals surface area contributed by atoms with Crippen molar-refractivity contribution in [2.75, 3.05) is 0 Å². The van der Waals surface area contributed by atoms with Crippen LogP contribution >= 0.6 is 22.6 Å². The third-order valence-electron chi connectivity index (χ3n) is 2.30. The molecule has 0 aliphatic carbocycles. The number of hydrogen-bond acceptors (Lipinski definition) is 3. The van der Waals surface area contributed by atoms with Crippen LogP contribution in [0.15, 0.2) is 30.6 Å². The topological polar surface area (TPSA) is 39.9 Å². The Kier molecular flexibility index (Phi) is 4.27. The summed E-state index contributed by atoms with van der Waals surface area (Å²) in [5.74, 6) is -0.216. The average Bonchev–Trinajstić information content (AvgIpc) is 2.72. The zero-order valence-electron chi connectivity index (χ0n) is 9.56. The van der Waals surface area contributed by atoms with Crippen LogP contribution < -0.4 is 4.74 Å². The number of nitrogens with zero attached hydrogens (tertiary/aromatic N) is 3. The van der Waals surface area contributed by atoms with Crippen molar-refractivity contribution in [2.45, 2.75) is 19.3 Å². The van der Waals surface area contributed by atoms with Gasteiger partial charge < -0.3 is 4.74 Å². The highest BCUT2D eigenvalue weighted by Crippen LogP contribution is 2.22. The molecule has 0 saturated heterocycles. The van der Waals surface area contributed by atoms with E-state index in [0.717, 1.165) is 5.56 Å².